The number of hydrogen-bond acceptors (Lipinski definition) is 4. The van der Waals surface area contributed by atoms with E-state index in [2.05, 4.69) is 17.1 Å². The molecule has 4 nitrogen and oxygen atoms in total. The van der Waals surface area contributed by atoms with Crippen LogP contribution in [-0.2, 0) is 9.53 Å². The van der Waals surface area contributed by atoms with Crippen molar-refractivity contribution in [2.24, 2.45) is 0 Å². The molecule has 0 radical (unpaired) electrons. The summed E-state index contributed by atoms with van der Waals surface area (Å²) >= 11 is 0. The lowest BCUT2D eigenvalue weighted by Gasteiger charge is -2.29. The van der Waals surface area contributed by atoms with Crippen molar-refractivity contribution in [2.75, 3.05) is 20.2 Å². The molecule has 0 spiro atoms. The maximum atomic E-state index is 12.0. The predicted molar refractivity (Wildman–Crippen MR) is 76.1 cm³/mol. The van der Waals surface area contributed by atoms with Crippen molar-refractivity contribution in [3.8, 4) is 0 Å². The molecule has 1 N–H and O–H groups in total. The Balaban J connectivity index is 1.80. The molecule has 2 rings (SSSR count). The van der Waals surface area contributed by atoms with E-state index in [0.717, 1.165) is 19.4 Å². The van der Waals surface area contributed by atoms with Gasteiger partial charge in [-0.05, 0) is 65.5 Å². The van der Waals surface area contributed by atoms with Gasteiger partial charge in [0.05, 0.1) is 7.11 Å². The number of carbonyl (C=O) groups excluding carboxylic acids is 1. The number of esters is 1. The summed E-state index contributed by atoms with van der Waals surface area (Å²) in [7, 11) is 1.48. The van der Waals surface area contributed by atoms with Gasteiger partial charge in [-0.15, -0.1) is 0 Å². The third-order valence-electron chi connectivity index (χ3n) is 4.55. The van der Waals surface area contributed by atoms with E-state index in [1.54, 1.807) is 0 Å². The zero-order chi connectivity index (χ0) is 13.9. The Morgan fingerprint density at radius 1 is 1.42 bits per heavy atom. The van der Waals surface area contributed by atoms with E-state index in [-0.39, 0.29) is 5.97 Å². The number of methoxy groups -OCH3 is 1. The number of nitrogens with zero attached hydrogens (tertiary/aromatic N) is 1. The predicted octanol–water partition coefficient (Wildman–Crippen LogP) is 1.93. The molecular weight excluding hydrogens is 240 g/mol. The SMILES string of the molecule is COC(=O)C(C)(CCCN1CCCC1C)NC1CC1. The van der Waals surface area contributed by atoms with Gasteiger partial charge in [0.2, 0.25) is 0 Å². The van der Waals surface area contributed by atoms with Crippen LogP contribution in [0, 0.1) is 0 Å². The molecule has 2 fully saturated rings. The fraction of sp³-hybridized carbons (Fsp3) is 0.933. The van der Waals surface area contributed by atoms with Gasteiger partial charge < -0.3 is 9.64 Å². The Labute approximate surface area is 116 Å². The van der Waals surface area contributed by atoms with Gasteiger partial charge in [-0.25, -0.2) is 0 Å². The quantitative estimate of drug-likeness (QED) is 0.716. The van der Waals surface area contributed by atoms with E-state index >= 15 is 0 Å². The molecule has 2 unspecified atom stereocenters. The Hall–Kier alpha value is -0.610. The number of carbonyl (C=O) groups is 1. The van der Waals surface area contributed by atoms with Crippen LogP contribution in [0.3, 0.4) is 0 Å². The van der Waals surface area contributed by atoms with Crippen molar-refractivity contribution >= 4 is 5.97 Å². The second kappa shape index (κ2) is 6.23. The van der Waals surface area contributed by atoms with Crippen LogP contribution in [0.5, 0.6) is 0 Å². The minimum atomic E-state index is -0.501. The number of hydrogen-bond donors (Lipinski definition) is 1. The van der Waals surface area contributed by atoms with Crippen molar-refractivity contribution < 1.29 is 9.53 Å². The normalized spacial score (nSPS) is 27.2. The summed E-state index contributed by atoms with van der Waals surface area (Å²) in [5.74, 6) is -0.117. The molecule has 4 heteroatoms. The molecule has 1 heterocycles. The monoisotopic (exact) mass is 268 g/mol. The first kappa shape index (κ1) is 14.8. The first-order chi connectivity index (χ1) is 9.05. The van der Waals surface area contributed by atoms with Crippen LogP contribution in [-0.4, -0.2) is 48.7 Å². The average Bonchev–Trinajstić information content (AvgIpc) is 3.10. The minimum absolute atomic E-state index is 0.117. The van der Waals surface area contributed by atoms with Crippen LogP contribution in [0.4, 0.5) is 0 Å². The second-order valence-corrected chi connectivity index (χ2v) is 6.37. The molecule has 0 bridgehead atoms. The summed E-state index contributed by atoms with van der Waals surface area (Å²) in [6.45, 7) is 6.60. The molecule has 0 aromatic rings. The third-order valence-corrected chi connectivity index (χ3v) is 4.55. The van der Waals surface area contributed by atoms with Crippen molar-refractivity contribution in [2.45, 2.75) is 70.0 Å². The van der Waals surface area contributed by atoms with E-state index in [1.165, 1.54) is 39.3 Å². The number of rotatable bonds is 7. The van der Waals surface area contributed by atoms with Crippen LogP contribution in [0.1, 0.15) is 52.4 Å². The highest BCUT2D eigenvalue weighted by molar-refractivity contribution is 5.80. The Bertz CT molecular complexity index is 317. The number of likely N-dealkylation sites (tertiary alicyclic amines) is 1. The van der Waals surface area contributed by atoms with Crippen molar-refractivity contribution in [1.82, 2.24) is 10.2 Å². The van der Waals surface area contributed by atoms with Gasteiger partial charge in [0.15, 0.2) is 0 Å². The summed E-state index contributed by atoms with van der Waals surface area (Å²) in [5.41, 5.74) is -0.501. The highest BCUT2D eigenvalue weighted by atomic mass is 16.5. The fourth-order valence-corrected chi connectivity index (χ4v) is 3.10. The van der Waals surface area contributed by atoms with Gasteiger partial charge >= 0.3 is 5.97 Å². The molecule has 0 aromatic carbocycles. The van der Waals surface area contributed by atoms with E-state index in [1.807, 2.05) is 6.92 Å². The van der Waals surface area contributed by atoms with Crippen molar-refractivity contribution in [3.63, 3.8) is 0 Å². The second-order valence-electron chi connectivity index (χ2n) is 6.37. The van der Waals surface area contributed by atoms with Crippen LogP contribution in [0.25, 0.3) is 0 Å². The van der Waals surface area contributed by atoms with E-state index in [4.69, 9.17) is 4.74 Å². The molecule has 0 amide bonds. The molecular formula is C15H28N2O2. The summed E-state index contributed by atoms with van der Waals surface area (Å²) in [6, 6.07) is 1.23. The van der Waals surface area contributed by atoms with Gasteiger partial charge in [0, 0.05) is 12.1 Å². The fourth-order valence-electron chi connectivity index (χ4n) is 3.10. The van der Waals surface area contributed by atoms with Gasteiger partial charge in [0.1, 0.15) is 5.54 Å². The van der Waals surface area contributed by atoms with Gasteiger partial charge in [-0.2, -0.15) is 0 Å². The zero-order valence-corrected chi connectivity index (χ0v) is 12.6. The van der Waals surface area contributed by atoms with E-state index in [9.17, 15) is 4.79 Å². The van der Waals surface area contributed by atoms with Crippen molar-refractivity contribution in [1.29, 1.82) is 0 Å². The molecule has 1 saturated carbocycles. The largest absolute Gasteiger partial charge is 0.468 e. The zero-order valence-electron chi connectivity index (χ0n) is 12.6. The summed E-state index contributed by atoms with van der Waals surface area (Å²) < 4.78 is 4.97. The Kier molecular flexibility index (Phi) is 4.85. The van der Waals surface area contributed by atoms with Gasteiger partial charge in [-0.1, -0.05) is 0 Å². The minimum Gasteiger partial charge on any atom is -0.468 e. The first-order valence-electron chi connectivity index (χ1n) is 7.65. The van der Waals surface area contributed by atoms with Crippen LogP contribution < -0.4 is 5.32 Å². The average molecular weight is 268 g/mol. The molecule has 1 aliphatic heterocycles. The lowest BCUT2D eigenvalue weighted by Crippen LogP contribution is -2.51. The topological polar surface area (TPSA) is 41.6 Å². The van der Waals surface area contributed by atoms with Crippen LogP contribution >= 0.6 is 0 Å². The molecule has 1 saturated heterocycles. The lowest BCUT2D eigenvalue weighted by molar-refractivity contribution is -0.148. The highest BCUT2D eigenvalue weighted by Crippen LogP contribution is 2.26. The molecule has 19 heavy (non-hydrogen) atoms. The molecule has 1 aliphatic carbocycles. The van der Waals surface area contributed by atoms with E-state index < -0.39 is 5.54 Å². The maximum absolute atomic E-state index is 12.0. The number of nitrogens with one attached hydrogen (secondary N) is 1. The molecule has 110 valence electrons. The molecule has 2 aliphatic rings. The third kappa shape index (κ3) is 3.93. The standard InChI is InChI=1S/C15H28N2O2/c1-12-6-4-10-17(12)11-5-9-15(2,14(18)19-3)16-13-7-8-13/h12-13,16H,4-11H2,1-3H3. The smallest absolute Gasteiger partial charge is 0.325 e. The summed E-state index contributed by atoms with van der Waals surface area (Å²) in [6.07, 6.45) is 6.92. The Morgan fingerprint density at radius 2 is 2.16 bits per heavy atom. The highest BCUT2D eigenvalue weighted by Gasteiger charge is 2.39. The van der Waals surface area contributed by atoms with Gasteiger partial charge in [-0.3, -0.25) is 10.1 Å². The lowest BCUT2D eigenvalue weighted by atomic mass is 9.95. The number of ether oxygens (including phenoxy) is 1. The van der Waals surface area contributed by atoms with Crippen LogP contribution in [0.2, 0.25) is 0 Å². The van der Waals surface area contributed by atoms with Gasteiger partial charge in [0.25, 0.3) is 0 Å². The summed E-state index contributed by atoms with van der Waals surface area (Å²) in [5, 5.41) is 3.46. The first-order valence-corrected chi connectivity index (χ1v) is 7.65. The van der Waals surface area contributed by atoms with E-state index in [0.29, 0.717) is 12.1 Å². The molecule has 0 aromatic heterocycles. The van der Waals surface area contributed by atoms with Crippen LogP contribution in [0.15, 0.2) is 0 Å². The van der Waals surface area contributed by atoms with Crippen molar-refractivity contribution in [3.05, 3.63) is 0 Å². The summed E-state index contributed by atoms with van der Waals surface area (Å²) in [4.78, 5) is 14.5. The molecule has 2 atom stereocenters. The maximum Gasteiger partial charge on any atom is 0.325 e. The Morgan fingerprint density at radius 3 is 2.68 bits per heavy atom.